The molecule has 2 aromatic carbocycles. The predicted octanol–water partition coefficient (Wildman–Crippen LogP) is 3.23. The zero-order chi connectivity index (χ0) is 23.9. The molecule has 0 aromatic heterocycles. The van der Waals surface area contributed by atoms with Gasteiger partial charge < -0.3 is 14.2 Å². The molecule has 0 bridgehead atoms. The third-order valence-electron chi connectivity index (χ3n) is 5.84. The van der Waals surface area contributed by atoms with Crippen molar-refractivity contribution in [1.82, 2.24) is 9.91 Å². The van der Waals surface area contributed by atoms with Crippen LogP contribution in [0.2, 0.25) is 0 Å². The van der Waals surface area contributed by atoms with Crippen LogP contribution in [0, 0.1) is 0 Å². The maximum absolute atomic E-state index is 13.5. The molecule has 0 radical (unpaired) electrons. The van der Waals surface area contributed by atoms with E-state index < -0.39 is 12.2 Å². The average molecular weight is 471 g/mol. The van der Waals surface area contributed by atoms with Crippen molar-refractivity contribution in [1.29, 1.82) is 0 Å². The van der Waals surface area contributed by atoms with Crippen molar-refractivity contribution in [3.8, 4) is 17.2 Å². The fourth-order valence-electron chi connectivity index (χ4n) is 4.40. The highest BCUT2D eigenvalue weighted by atomic mass is 32.2. The second kappa shape index (κ2) is 8.86. The average Bonchev–Trinajstić information content (AvgIpc) is 2.83. The van der Waals surface area contributed by atoms with Crippen LogP contribution in [0.25, 0.3) is 0 Å². The Morgan fingerprint density at radius 3 is 2.30 bits per heavy atom. The first kappa shape index (κ1) is 22.8. The molecule has 0 unspecified atom stereocenters. The standard InChI is InChI=1S/C23H26N4O5S/c1-13(28)26-16-10-8-7-9-14(16)18-22(29)25(2)23(33-6)24-27(18)21(26)15-11-12-17(30-3)20(32-5)19(15)31-4/h7-12,18,21H,1-6H3/t18-,21-/m1/s1. The third kappa shape index (κ3) is 3.45. The first-order chi connectivity index (χ1) is 15.9. The Balaban J connectivity index is 2.05. The molecule has 2 aromatic rings. The number of nitrogens with zero attached hydrogens (tertiary/aromatic N) is 4. The van der Waals surface area contributed by atoms with Crippen molar-refractivity contribution in [3.05, 3.63) is 47.5 Å². The Hall–Kier alpha value is -3.40. The highest BCUT2D eigenvalue weighted by Gasteiger charge is 2.49. The van der Waals surface area contributed by atoms with Crippen molar-refractivity contribution in [3.63, 3.8) is 0 Å². The number of ether oxygens (including phenoxy) is 3. The van der Waals surface area contributed by atoms with E-state index in [9.17, 15) is 9.59 Å². The monoisotopic (exact) mass is 470 g/mol. The Bertz CT molecular complexity index is 1140. The van der Waals surface area contributed by atoms with E-state index in [1.165, 1.54) is 32.9 Å². The van der Waals surface area contributed by atoms with Gasteiger partial charge in [0.1, 0.15) is 0 Å². The van der Waals surface area contributed by atoms with E-state index in [0.717, 1.165) is 0 Å². The summed E-state index contributed by atoms with van der Waals surface area (Å²) in [5, 5.41) is 7.03. The van der Waals surface area contributed by atoms with Crippen LogP contribution in [0.15, 0.2) is 41.5 Å². The summed E-state index contributed by atoms with van der Waals surface area (Å²) in [6.45, 7) is 1.49. The number of hydrazone groups is 1. The molecule has 2 amide bonds. The number of carbonyl (C=O) groups is 2. The number of hydrogen-bond acceptors (Lipinski definition) is 8. The lowest BCUT2D eigenvalue weighted by molar-refractivity contribution is -0.136. The van der Waals surface area contributed by atoms with E-state index in [4.69, 9.17) is 19.3 Å². The van der Waals surface area contributed by atoms with E-state index >= 15 is 0 Å². The Morgan fingerprint density at radius 2 is 1.70 bits per heavy atom. The van der Waals surface area contributed by atoms with Crippen LogP contribution in [0.1, 0.15) is 30.3 Å². The minimum absolute atomic E-state index is 0.130. The van der Waals surface area contributed by atoms with Crippen LogP contribution in [0.5, 0.6) is 17.2 Å². The van der Waals surface area contributed by atoms with Gasteiger partial charge in [0.05, 0.1) is 27.0 Å². The Morgan fingerprint density at radius 1 is 1.00 bits per heavy atom. The molecule has 0 N–H and O–H groups in total. The van der Waals surface area contributed by atoms with E-state index in [1.807, 2.05) is 36.6 Å². The van der Waals surface area contributed by atoms with Crippen LogP contribution in [0.4, 0.5) is 5.69 Å². The van der Waals surface area contributed by atoms with Gasteiger partial charge in [-0.05, 0) is 24.5 Å². The third-order valence-corrected chi connectivity index (χ3v) is 6.56. The number of amidine groups is 1. The zero-order valence-corrected chi connectivity index (χ0v) is 20.2. The molecular weight excluding hydrogens is 444 g/mol. The maximum atomic E-state index is 13.5. The van der Waals surface area contributed by atoms with Crippen molar-refractivity contribution in [2.24, 2.45) is 5.10 Å². The number of rotatable bonds is 4. The lowest BCUT2D eigenvalue weighted by Gasteiger charge is -2.49. The molecule has 0 aliphatic carbocycles. The van der Waals surface area contributed by atoms with Crippen LogP contribution < -0.4 is 19.1 Å². The molecular formula is C23H26N4O5S. The minimum atomic E-state index is -0.753. The van der Waals surface area contributed by atoms with Gasteiger partial charge in [0.25, 0.3) is 5.91 Å². The molecule has 9 nitrogen and oxygen atoms in total. The number of benzene rings is 2. The van der Waals surface area contributed by atoms with E-state index in [-0.39, 0.29) is 11.8 Å². The molecule has 0 saturated carbocycles. The smallest absolute Gasteiger partial charge is 0.257 e. The SMILES string of the molecule is COc1ccc([C@@H]2N(C(C)=O)c3ccccc3[C@@H]3C(=O)N(C)C(SC)=NN23)c(OC)c1OC. The summed E-state index contributed by atoms with van der Waals surface area (Å²) >= 11 is 1.36. The molecule has 174 valence electrons. The molecule has 2 aliphatic heterocycles. The first-order valence-electron chi connectivity index (χ1n) is 10.3. The Labute approximate surface area is 196 Å². The predicted molar refractivity (Wildman–Crippen MR) is 127 cm³/mol. The number of anilines is 1. The molecule has 2 aliphatic rings. The summed E-state index contributed by atoms with van der Waals surface area (Å²) in [5.41, 5.74) is 1.98. The van der Waals surface area contributed by atoms with Gasteiger partial charge >= 0.3 is 0 Å². The van der Waals surface area contributed by atoms with E-state index in [0.29, 0.717) is 39.2 Å². The summed E-state index contributed by atoms with van der Waals surface area (Å²) in [4.78, 5) is 29.8. The van der Waals surface area contributed by atoms with Gasteiger partial charge in [-0.2, -0.15) is 0 Å². The quantitative estimate of drug-likeness (QED) is 0.678. The van der Waals surface area contributed by atoms with Crippen LogP contribution in [-0.4, -0.2) is 61.5 Å². The van der Waals surface area contributed by atoms with Crippen molar-refractivity contribution in [2.45, 2.75) is 19.1 Å². The van der Waals surface area contributed by atoms with Gasteiger partial charge in [-0.25, -0.2) is 0 Å². The number of carbonyl (C=O) groups excluding carboxylic acids is 2. The minimum Gasteiger partial charge on any atom is -0.493 e. The van der Waals surface area contributed by atoms with Gasteiger partial charge in [-0.3, -0.25) is 24.4 Å². The summed E-state index contributed by atoms with van der Waals surface area (Å²) in [5.74, 6) is 0.955. The van der Waals surface area contributed by atoms with E-state index in [2.05, 4.69) is 0 Å². The highest BCUT2D eigenvalue weighted by Crippen LogP contribution is 2.52. The number of hydrogen-bond donors (Lipinski definition) is 0. The lowest BCUT2D eigenvalue weighted by Crippen LogP contribution is -2.55. The van der Waals surface area contributed by atoms with Crippen molar-refractivity contribution < 1.29 is 23.8 Å². The molecule has 0 fully saturated rings. The molecule has 2 heterocycles. The second-order valence-corrected chi connectivity index (χ2v) is 8.28. The zero-order valence-electron chi connectivity index (χ0n) is 19.4. The topological polar surface area (TPSA) is 83.9 Å². The van der Waals surface area contributed by atoms with Crippen molar-refractivity contribution >= 4 is 34.4 Å². The van der Waals surface area contributed by atoms with Gasteiger partial charge in [-0.15, -0.1) is 5.10 Å². The van der Waals surface area contributed by atoms with Gasteiger partial charge in [0, 0.05) is 25.1 Å². The van der Waals surface area contributed by atoms with Crippen LogP contribution >= 0.6 is 11.8 Å². The lowest BCUT2D eigenvalue weighted by atomic mass is 9.94. The summed E-state index contributed by atoms with van der Waals surface area (Å²) in [7, 11) is 6.30. The summed E-state index contributed by atoms with van der Waals surface area (Å²) in [6, 6.07) is 10.3. The molecule has 0 saturated heterocycles. The number of amides is 2. The molecule has 33 heavy (non-hydrogen) atoms. The largest absolute Gasteiger partial charge is 0.493 e. The second-order valence-electron chi connectivity index (χ2n) is 7.51. The number of thioether (sulfide) groups is 1. The van der Waals surface area contributed by atoms with Gasteiger partial charge in [0.15, 0.2) is 28.9 Å². The first-order valence-corrected chi connectivity index (χ1v) is 11.5. The molecule has 2 atom stereocenters. The maximum Gasteiger partial charge on any atom is 0.257 e. The fourth-order valence-corrected chi connectivity index (χ4v) is 4.94. The molecule has 0 spiro atoms. The summed E-state index contributed by atoms with van der Waals surface area (Å²) < 4.78 is 16.8. The number of likely N-dealkylation sites (N-methyl/N-ethyl adjacent to an activating group) is 1. The highest BCUT2D eigenvalue weighted by molar-refractivity contribution is 8.13. The van der Waals surface area contributed by atoms with Crippen molar-refractivity contribution in [2.75, 3.05) is 39.5 Å². The normalized spacial score (nSPS) is 19.5. The number of fused-ring (bicyclic) bond motifs is 3. The van der Waals surface area contributed by atoms with Crippen LogP contribution in [-0.2, 0) is 9.59 Å². The Kier molecular flexibility index (Phi) is 6.11. The molecule has 4 rings (SSSR count). The van der Waals surface area contributed by atoms with Crippen LogP contribution in [0.3, 0.4) is 0 Å². The molecule has 10 heteroatoms. The number of methoxy groups -OCH3 is 3. The summed E-state index contributed by atoms with van der Waals surface area (Å²) in [6.07, 6.45) is 1.10. The van der Waals surface area contributed by atoms with Gasteiger partial charge in [-0.1, -0.05) is 30.0 Å². The number of para-hydroxylation sites is 1. The van der Waals surface area contributed by atoms with Gasteiger partial charge in [0.2, 0.25) is 11.7 Å². The van der Waals surface area contributed by atoms with E-state index in [1.54, 1.807) is 35.0 Å². The fraction of sp³-hybridized carbons (Fsp3) is 0.348.